The van der Waals surface area contributed by atoms with Crippen molar-refractivity contribution in [3.05, 3.63) is 28.8 Å². The van der Waals surface area contributed by atoms with Gasteiger partial charge in [0.25, 0.3) is 11.7 Å². The number of hydrogen-bond donors (Lipinski definition) is 0. The van der Waals surface area contributed by atoms with Crippen molar-refractivity contribution in [1.29, 1.82) is 0 Å². The molecule has 2 rings (SSSR count). The molecule has 1 amide bonds. The number of hydrogen-bond acceptors (Lipinski definition) is 2. The number of benzene rings is 1. The maximum absolute atomic E-state index is 11.8. The molecule has 5 heteroatoms. The largest absolute Gasteiger partial charge is 0.305 e. The van der Waals surface area contributed by atoms with Crippen LogP contribution < -0.4 is 4.90 Å². The van der Waals surface area contributed by atoms with Crippen LogP contribution in [0.2, 0.25) is 5.02 Å². The van der Waals surface area contributed by atoms with Gasteiger partial charge in [0.15, 0.2) is 0 Å². The molecule has 17 heavy (non-hydrogen) atoms. The molecule has 3 nitrogen and oxygen atoms in total. The zero-order chi connectivity index (χ0) is 12.4. The third-order valence-corrected chi connectivity index (χ3v) is 3.50. The Labute approximate surface area is 113 Å². The number of unbranched alkanes of at least 4 members (excludes halogenated alkanes) is 1. The Balaban J connectivity index is 2.26. The second-order valence-corrected chi connectivity index (χ2v) is 5.07. The zero-order valence-electron chi connectivity index (χ0n) is 9.08. The van der Waals surface area contributed by atoms with Crippen molar-refractivity contribution in [2.24, 2.45) is 0 Å². The van der Waals surface area contributed by atoms with Crippen LogP contribution in [0.3, 0.4) is 0 Å². The standard InChI is InChI=1S/C12H11BrClNO2/c13-5-1-2-6-15-10-7-8(14)3-4-9(10)11(16)12(15)17/h3-4,7H,1-2,5-6H2. The normalized spacial score (nSPS) is 14.4. The summed E-state index contributed by atoms with van der Waals surface area (Å²) in [5.74, 6) is -0.882. The van der Waals surface area contributed by atoms with Gasteiger partial charge >= 0.3 is 0 Å². The number of fused-ring (bicyclic) bond motifs is 1. The van der Waals surface area contributed by atoms with Crippen LogP contribution in [0.25, 0.3) is 0 Å². The van der Waals surface area contributed by atoms with Crippen LogP contribution in [-0.2, 0) is 4.79 Å². The molecule has 0 radical (unpaired) electrons. The molecule has 90 valence electrons. The van der Waals surface area contributed by atoms with Crippen LogP contribution in [0.15, 0.2) is 18.2 Å². The van der Waals surface area contributed by atoms with Gasteiger partial charge in [-0.25, -0.2) is 0 Å². The van der Waals surface area contributed by atoms with E-state index in [1.165, 1.54) is 4.90 Å². The Morgan fingerprint density at radius 3 is 2.71 bits per heavy atom. The molecule has 0 bridgehead atoms. The number of nitrogens with zero attached hydrogens (tertiary/aromatic N) is 1. The van der Waals surface area contributed by atoms with E-state index >= 15 is 0 Å². The summed E-state index contributed by atoms with van der Waals surface area (Å²) in [6, 6.07) is 4.92. The van der Waals surface area contributed by atoms with E-state index in [2.05, 4.69) is 15.9 Å². The van der Waals surface area contributed by atoms with Gasteiger partial charge in [-0.2, -0.15) is 0 Å². The first-order valence-corrected chi connectivity index (χ1v) is 6.87. The van der Waals surface area contributed by atoms with E-state index in [4.69, 9.17) is 11.6 Å². The number of ketones is 1. The summed E-state index contributed by atoms with van der Waals surface area (Å²) in [4.78, 5) is 25.0. The lowest BCUT2D eigenvalue weighted by molar-refractivity contribution is -0.114. The zero-order valence-corrected chi connectivity index (χ0v) is 11.4. The monoisotopic (exact) mass is 315 g/mol. The second-order valence-electron chi connectivity index (χ2n) is 3.84. The molecule has 0 saturated carbocycles. The lowest BCUT2D eigenvalue weighted by atomic mass is 10.1. The van der Waals surface area contributed by atoms with Crippen LogP contribution >= 0.6 is 27.5 Å². The number of carbonyl (C=O) groups excluding carboxylic acids is 2. The van der Waals surface area contributed by atoms with Crippen molar-refractivity contribution in [2.75, 3.05) is 16.8 Å². The van der Waals surface area contributed by atoms with Gasteiger partial charge in [-0.1, -0.05) is 27.5 Å². The van der Waals surface area contributed by atoms with Crippen LogP contribution in [0.4, 0.5) is 5.69 Å². The molecule has 1 aromatic carbocycles. The highest BCUT2D eigenvalue weighted by molar-refractivity contribution is 9.09. The summed E-state index contributed by atoms with van der Waals surface area (Å²) in [5, 5.41) is 1.43. The molecule has 0 unspecified atom stereocenters. The first kappa shape index (κ1) is 12.6. The summed E-state index contributed by atoms with van der Waals surface area (Å²) in [6.07, 6.45) is 1.82. The number of Topliss-reactive ketones (excluding diaryl/α,β-unsaturated/α-hetero) is 1. The summed E-state index contributed by atoms with van der Waals surface area (Å²) >= 11 is 9.23. The Morgan fingerprint density at radius 2 is 2.00 bits per heavy atom. The van der Waals surface area contributed by atoms with E-state index in [-0.39, 0.29) is 0 Å². The Kier molecular flexibility index (Phi) is 3.84. The SMILES string of the molecule is O=C1C(=O)N(CCCCBr)c2cc(Cl)ccc21. The molecule has 0 spiro atoms. The molecular weight excluding hydrogens is 305 g/mol. The molecule has 1 aromatic rings. The van der Waals surface area contributed by atoms with E-state index in [1.54, 1.807) is 18.2 Å². The molecule has 0 N–H and O–H groups in total. The van der Waals surface area contributed by atoms with E-state index in [0.29, 0.717) is 22.8 Å². The quantitative estimate of drug-likeness (QED) is 0.486. The van der Waals surface area contributed by atoms with Crippen LogP contribution in [0, 0.1) is 0 Å². The fourth-order valence-electron chi connectivity index (χ4n) is 1.85. The van der Waals surface area contributed by atoms with Crippen molar-refractivity contribution < 1.29 is 9.59 Å². The van der Waals surface area contributed by atoms with Crippen LogP contribution in [0.1, 0.15) is 23.2 Å². The van der Waals surface area contributed by atoms with Gasteiger partial charge in [0, 0.05) is 16.9 Å². The molecule has 0 atom stereocenters. The molecule has 1 aliphatic rings. The second kappa shape index (κ2) is 5.19. The molecule has 0 aliphatic carbocycles. The molecule has 1 heterocycles. The highest BCUT2D eigenvalue weighted by Crippen LogP contribution is 2.31. The highest BCUT2D eigenvalue weighted by atomic mass is 79.9. The van der Waals surface area contributed by atoms with Gasteiger partial charge in [0.05, 0.1) is 11.3 Å². The van der Waals surface area contributed by atoms with E-state index in [1.807, 2.05) is 0 Å². The van der Waals surface area contributed by atoms with Crippen LogP contribution in [-0.4, -0.2) is 23.6 Å². The van der Waals surface area contributed by atoms with Gasteiger partial charge < -0.3 is 4.90 Å². The summed E-state index contributed by atoms with van der Waals surface area (Å²) in [7, 11) is 0. The number of carbonyl (C=O) groups is 2. The number of rotatable bonds is 4. The molecule has 0 aromatic heterocycles. The van der Waals surface area contributed by atoms with Crippen molar-refractivity contribution >= 4 is 44.9 Å². The third-order valence-electron chi connectivity index (χ3n) is 2.70. The van der Waals surface area contributed by atoms with Gasteiger partial charge in [-0.15, -0.1) is 0 Å². The highest BCUT2D eigenvalue weighted by Gasteiger charge is 2.35. The first-order valence-electron chi connectivity index (χ1n) is 5.37. The minimum atomic E-state index is -0.447. The minimum Gasteiger partial charge on any atom is -0.305 e. The van der Waals surface area contributed by atoms with Gasteiger partial charge in [0.2, 0.25) is 0 Å². The smallest absolute Gasteiger partial charge is 0.299 e. The molecule has 0 saturated heterocycles. The van der Waals surface area contributed by atoms with Crippen molar-refractivity contribution in [2.45, 2.75) is 12.8 Å². The Morgan fingerprint density at radius 1 is 1.24 bits per heavy atom. The van der Waals surface area contributed by atoms with Crippen molar-refractivity contribution in [3.8, 4) is 0 Å². The predicted octanol–water partition coefficient (Wildman–Crippen LogP) is 3.04. The summed E-state index contributed by atoms with van der Waals surface area (Å²) < 4.78 is 0. The molecular formula is C12H11BrClNO2. The number of anilines is 1. The van der Waals surface area contributed by atoms with Gasteiger partial charge in [0.1, 0.15) is 0 Å². The first-order chi connectivity index (χ1) is 8.15. The lowest BCUT2D eigenvalue weighted by Crippen LogP contribution is -2.30. The molecule has 1 aliphatic heterocycles. The predicted molar refractivity (Wildman–Crippen MR) is 71.2 cm³/mol. The Bertz CT molecular complexity index is 476. The number of alkyl halides is 1. The number of amides is 1. The van der Waals surface area contributed by atoms with Crippen molar-refractivity contribution in [1.82, 2.24) is 0 Å². The number of halogens is 2. The van der Waals surface area contributed by atoms with Gasteiger partial charge in [-0.05, 0) is 31.0 Å². The Hall–Kier alpha value is -0.870. The van der Waals surface area contributed by atoms with Gasteiger partial charge in [-0.3, -0.25) is 9.59 Å². The fraction of sp³-hybridized carbons (Fsp3) is 0.333. The fourth-order valence-corrected chi connectivity index (χ4v) is 2.42. The van der Waals surface area contributed by atoms with Crippen LogP contribution in [0.5, 0.6) is 0 Å². The van der Waals surface area contributed by atoms with E-state index in [0.717, 1.165) is 18.2 Å². The molecule has 0 fully saturated rings. The van der Waals surface area contributed by atoms with E-state index in [9.17, 15) is 9.59 Å². The minimum absolute atomic E-state index is 0.435. The summed E-state index contributed by atoms with van der Waals surface area (Å²) in [5.41, 5.74) is 1.10. The maximum Gasteiger partial charge on any atom is 0.299 e. The summed E-state index contributed by atoms with van der Waals surface area (Å²) in [6.45, 7) is 0.559. The average molecular weight is 317 g/mol. The van der Waals surface area contributed by atoms with Crippen molar-refractivity contribution in [3.63, 3.8) is 0 Å². The maximum atomic E-state index is 11.8. The van der Waals surface area contributed by atoms with E-state index < -0.39 is 11.7 Å². The third kappa shape index (κ3) is 2.38. The topological polar surface area (TPSA) is 37.4 Å². The average Bonchev–Trinajstić information content (AvgIpc) is 2.54. The lowest BCUT2D eigenvalue weighted by Gasteiger charge is -2.16.